The van der Waals surface area contributed by atoms with Crippen LogP contribution >= 0.6 is 0 Å². The van der Waals surface area contributed by atoms with Crippen molar-refractivity contribution in [1.82, 2.24) is 4.90 Å². The van der Waals surface area contributed by atoms with Gasteiger partial charge in [-0.05, 0) is 44.5 Å². The lowest BCUT2D eigenvalue weighted by atomic mass is 9.93. The van der Waals surface area contributed by atoms with E-state index in [1.807, 2.05) is 0 Å². The van der Waals surface area contributed by atoms with Crippen molar-refractivity contribution in [1.29, 1.82) is 0 Å². The van der Waals surface area contributed by atoms with Crippen LogP contribution in [0.15, 0.2) is 24.3 Å². The molecule has 0 aromatic heterocycles. The molecule has 2 unspecified atom stereocenters. The predicted octanol–water partition coefficient (Wildman–Crippen LogP) is 3.12. The molecule has 0 saturated heterocycles. The summed E-state index contributed by atoms with van der Waals surface area (Å²) in [6.07, 6.45) is 2.17. The summed E-state index contributed by atoms with van der Waals surface area (Å²) in [6.45, 7) is 7.63. The van der Waals surface area contributed by atoms with Gasteiger partial charge in [-0.15, -0.1) is 0 Å². The van der Waals surface area contributed by atoms with E-state index < -0.39 is 0 Å². The minimum Gasteiger partial charge on any atom is -0.326 e. The number of likely N-dealkylation sites (N-methyl/N-ethyl adjacent to an activating group) is 1. The van der Waals surface area contributed by atoms with Crippen molar-refractivity contribution in [3.63, 3.8) is 0 Å². The van der Waals surface area contributed by atoms with Crippen molar-refractivity contribution in [3.8, 4) is 0 Å². The summed E-state index contributed by atoms with van der Waals surface area (Å²) in [5, 5.41) is 0. The monoisotopic (exact) mass is 234 g/mol. The van der Waals surface area contributed by atoms with Gasteiger partial charge in [-0.25, -0.2) is 0 Å². The maximum atomic E-state index is 6.31. The van der Waals surface area contributed by atoms with E-state index in [0.717, 1.165) is 19.4 Å². The molecule has 2 nitrogen and oxygen atoms in total. The summed E-state index contributed by atoms with van der Waals surface area (Å²) >= 11 is 0. The summed E-state index contributed by atoms with van der Waals surface area (Å²) in [7, 11) is 2.18. The molecule has 2 heteroatoms. The van der Waals surface area contributed by atoms with Crippen molar-refractivity contribution in [2.24, 2.45) is 5.73 Å². The zero-order valence-electron chi connectivity index (χ0n) is 11.6. The van der Waals surface area contributed by atoms with Gasteiger partial charge in [-0.3, -0.25) is 4.90 Å². The molecule has 0 bridgehead atoms. The van der Waals surface area contributed by atoms with Crippen LogP contribution in [0.2, 0.25) is 0 Å². The Morgan fingerprint density at radius 3 is 2.41 bits per heavy atom. The van der Waals surface area contributed by atoms with Crippen molar-refractivity contribution < 1.29 is 0 Å². The Morgan fingerprint density at radius 1 is 1.24 bits per heavy atom. The fraction of sp³-hybridized carbons (Fsp3) is 0.600. The van der Waals surface area contributed by atoms with E-state index in [4.69, 9.17) is 5.73 Å². The van der Waals surface area contributed by atoms with Gasteiger partial charge in [-0.2, -0.15) is 0 Å². The summed E-state index contributed by atoms with van der Waals surface area (Å²) in [6, 6.07) is 9.12. The molecule has 0 amide bonds. The molecule has 0 heterocycles. The highest BCUT2D eigenvalue weighted by atomic mass is 15.1. The Labute approximate surface area is 106 Å². The van der Waals surface area contributed by atoms with E-state index in [2.05, 4.69) is 57.0 Å². The van der Waals surface area contributed by atoms with Gasteiger partial charge in [0.05, 0.1) is 0 Å². The lowest BCUT2D eigenvalue weighted by Crippen LogP contribution is -2.39. The number of rotatable bonds is 6. The topological polar surface area (TPSA) is 29.3 Å². The summed E-state index contributed by atoms with van der Waals surface area (Å²) in [5.41, 5.74) is 9.02. The Balaban J connectivity index is 3.02. The van der Waals surface area contributed by atoms with Crippen molar-refractivity contribution >= 4 is 0 Å². The number of nitrogens with two attached hydrogens (primary N) is 1. The number of aryl methyl sites for hydroxylation is 1. The van der Waals surface area contributed by atoms with Crippen molar-refractivity contribution in [3.05, 3.63) is 35.4 Å². The first-order valence-corrected chi connectivity index (χ1v) is 6.63. The summed E-state index contributed by atoms with van der Waals surface area (Å²) in [4.78, 5) is 2.39. The molecule has 0 fully saturated rings. The molecule has 0 radical (unpaired) electrons. The molecule has 0 saturated carbocycles. The van der Waals surface area contributed by atoms with Crippen LogP contribution in [-0.2, 0) is 0 Å². The fourth-order valence-electron chi connectivity index (χ4n) is 2.43. The molecule has 1 aromatic carbocycles. The quantitative estimate of drug-likeness (QED) is 0.819. The first-order valence-electron chi connectivity index (χ1n) is 6.63. The standard InChI is InChI=1S/C15H26N2/c1-5-11-17(4)15(14(16)6-2)13-10-8-7-9-12(13)3/h7-10,14-15H,5-6,11,16H2,1-4H3. The molecule has 17 heavy (non-hydrogen) atoms. The predicted molar refractivity (Wildman–Crippen MR) is 75.1 cm³/mol. The minimum atomic E-state index is 0.202. The van der Waals surface area contributed by atoms with Crippen LogP contribution in [0, 0.1) is 6.92 Å². The number of hydrogen-bond donors (Lipinski definition) is 1. The molecule has 2 atom stereocenters. The molecule has 1 aromatic rings. The van der Waals surface area contributed by atoms with Gasteiger partial charge < -0.3 is 5.73 Å². The summed E-state index contributed by atoms with van der Waals surface area (Å²) in [5.74, 6) is 0. The van der Waals surface area contributed by atoms with Crippen LogP contribution in [0.3, 0.4) is 0 Å². The van der Waals surface area contributed by atoms with Crippen LogP contribution < -0.4 is 5.73 Å². The second kappa shape index (κ2) is 6.77. The van der Waals surface area contributed by atoms with Gasteiger partial charge in [0.25, 0.3) is 0 Å². The Hall–Kier alpha value is -0.860. The third-order valence-electron chi connectivity index (χ3n) is 3.44. The third kappa shape index (κ3) is 3.55. The number of benzene rings is 1. The van der Waals surface area contributed by atoms with Gasteiger partial charge in [0.1, 0.15) is 0 Å². The lowest BCUT2D eigenvalue weighted by molar-refractivity contribution is 0.209. The average Bonchev–Trinajstić information content (AvgIpc) is 2.32. The first kappa shape index (κ1) is 14.2. The largest absolute Gasteiger partial charge is 0.326 e. The SMILES string of the molecule is CCCN(C)C(c1ccccc1C)C(N)CC. The maximum absolute atomic E-state index is 6.31. The van der Waals surface area contributed by atoms with E-state index >= 15 is 0 Å². The van der Waals surface area contributed by atoms with Crippen molar-refractivity contribution in [2.75, 3.05) is 13.6 Å². The van der Waals surface area contributed by atoms with Crippen LogP contribution in [-0.4, -0.2) is 24.5 Å². The Morgan fingerprint density at radius 2 is 1.88 bits per heavy atom. The second-order valence-corrected chi connectivity index (χ2v) is 4.85. The number of hydrogen-bond acceptors (Lipinski definition) is 2. The van der Waals surface area contributed by atoms with Gasteiger partial charge in [0.15, 0.2) is 0 Å². The highest BCUT2D eigenvalue weighted by molar-refractivity contribution is 5.29. The van der Waals surface area contributed by atoms with Crippen LogP contribution in [0.25, 0.3) is 0 Å². The first-order chi connectivity index (χ1) is 8.11. The van der Waals surface area contributed by atoms with E-state index in [1.165, 1.54) is 11.1 Å². The zero-order chi connectivity index (χ0) is 12.8. The van der Waals surface area contributed by atoms with Gasteiger partial charge in [0.2, 0.25) is 0 Å². The fourth-order valence-corrected chi connectivity index (χ4v) is 2.43. The zero-order valence-corrected chi connectivity index (χ0v) is 11.6. The third-order valence-corrected chi connectivity index (χ3v) is 3.44. The van der Waals surface area contributed by atoms with E-state index in [1.54, 1.807) is 0 Å². The van der Waals surface area contributed by atoms with Gasteiger partial charge >= 0.3 is 0 Å². The molecule has 0 spiro atoms. The van der Waals surface area contributed by atoms with Crippen molar-refractivity contribution in [2.45, 2.75) is 45.7 Å². The summed E-state index contributed by atoms with van der Waals surface area (Å²) < 4.78 is 0. The molecule has 0 aliphatic rings. The molecule has 0 aliphatic carbocycles. The van der Waals surface area contributed by atoms with Gasteiger partial charge in [0, 0.05) is 12.1 Å². The average molecular weight is 234 g/mol. The van der Waals surface area contributed by atoms with Gasteiger partial charge in [-0.1, -0.05) is 38.1 Å². The molecular formula is C15H26N2. The highest BCUT2D eigenvalue weighted by Crippen LogP contribution is 2.26. The van der Waals surface area contributed by atoms with Crippen LogP contribution in [0.1, 0.15) is 43.9 Å². The second-order valence-electron chi connectivity index (χ2n) is 4.85. The Bertz CT molecular complexity index is 335. The number of nitrogens with zero attached hydrogens (tertiary/aromatic N) is 1. The lowest BCUT2D eigenvalue weighted by Gasteiger charge is -2.33. The van der Waals surface area contributed by atoms with E-state index in [9.17, 15) is 0 Å². The van der Waals surface area contributed by atoms with E-state index in [0.29, 0.717) is 6.04 Å². The molecular weight excluding hydrogens is 208 g/mol. The normalized spacial score (nSPS) is 14.9. The molecule has 96 valence electrons. The van der Waals surface area contributed by atoms with E-state index in [-0.39, 0.29) is 6.04 Å². The Kier molecular flexibility index (Phi) is 5.66. The van der Waals surface area contributed by atoms with Crippen LogP contribution in [0.5, 0.6) is 0 Å². The highest BCUT2D eigenvalue weighted by Gasteiger charge is 2.23. The maximum Gasteiger partial charge on any atom is 0.0498 e. The molecule has 2 N–H and O–H groups in total. The molecule has 0 aliphatic heterocycles. The minimum absolute atomic E-state index is 0.202. The van der Waals surface area contributed by atoms with Crippen LogP contribution in [0.4, 0.5) is 0 Å². The molecule has 1 rings (SSSR count). The smallest absolute Gasteiger partial charge is 0.0498 e.